The summed E-state index contributed by atoms with van der Waals surface area (Å²) in [7, 11) is -4.05. The third-order valence-corrected chi connectivity index (χ3v) is 4.09. The molecule has 0 spiro atoms. The van der Waals surface area contributed by atoms with Gasteiger partial charge in [0.15, 0.2) is 5.03 Å². The van der Waals surface area contributed by atoms with Gasteiger partial charge in [-0.3, -0.25) is 9.59 Å². The summed E-state index contributed by atoms with van der Waals surface area (Å²) in [4.78, 5) is 25.1. The highest BCUT2D eigenvalue weighted by atomic mass is 32.2. The molecule has 0 amide bonds. The molecule has 9 nitrogen and oxygen atoms in total. The van der Waals surface area contributed by atoms with Crippen molar-refractivity contribution in [3.8, 4) is 0 Å². The number of aryl methyl sites for hydroxylation is 1. The zero-order valence-electron chi connectivity index (χ0n) is 11.4. The second-order valence-electron chi connectivity index (χ2n) is 4.34. The van der Waals surface area contributed by atoms with Crippen LogP contribution < -0.4 is 4.72 Å². The molecule has 21 heavy (non-hydrogen) atoms. The Morgan fingerprint density at radius 1 is 1.43 bits per heavy atom. The van der Waals surface area contributed by atoms with Gasteiger partial charge in [0.2, 0.25) is 0 Å². The molecular formula is C11H17N3O6S. The van der Waals surface area contributed by atoms with E-state index in [0.29, 0.717) is 6.54 Å². The lowest BCUT2D eigenvalue weighted by Gasteiger charge is -2.13. The first-order chi connectivity index (χ1) is 9.76. The first-order valence-corrected chi connectivity index (χ1v) is 7.73. The Labute approximate surface area is 121 Å². The fourth-order valence-electron chi connectivity index (χ4n) is 1.59. The molecular weight excluding hydrogens is 302 g/mol. The second-order valence-corrected chi connectivity index (χ2v) is 6.00. The lowest BCUT2D eigenvalue weighted by molar-refractivity contribution is -0.140. The van der Waals surface area contributed by atoms with Crippen molar-refractivity contribution in [2.45, 2.75) is 43.8 Å². The minimum atomic E-state index is -4.05. The summed E-state index contributed by atoms with van der Waals surface area (Å²) in [5, 5.41) is 17.2. The highest BCUT2D eigenvalue weighted by molar-refractivity contribution is 7.89. The second kappa shape index (κ2) is 7.18. The largest absolute Gasteiger partial charge is 0.481 e. The molecule has 0 saturated carbocycles. The highest BCUT2D eigenvalue weighted by Gasteiger charge is 2.26. The highest BCUT2D eigenvalue weighted by Crippen LogP contribution is 2.09. The van der Waals surface area contributed by atoms with Crippen LogP contribution in [0, 0.1) is 0 Å². The van der Waals surface area contributed by atoms with Crippen LogP contribution in [-0.4, -0.2) is 46.2 Å². The molecule has 118 valence electrons. The number of hydrogen-bond acceptors (Lipinski definition) is 5. The molecule has 1 atom stereocenters. The van der Waals surface area contributed by atoms with Crippen molar-refractivity contribution in [2.75, 3.05) is 0 Å². The molecule has 10 heteroatoms. The van der Waals surface area contributed by atoms with E-state index in [0.717, 1.165) is 0 Å². The maximum Gasteiger partial charge on any atom is 0.321 e. The lowest BCUT2D eigenvalue weighted by atomic mass is 10.1. The zero-order chi connectivity index (χ0) is 16.0. The van der Waals surface area contributed by atoms with Crippen LogP contribution in [0.15, 0.2) is 17.6 Å². The quantitative estimate of drug-likeness (QED) is 0.577. The zero-order valence-corrected chi connectivity index (χ0v) is 12.2. The van der Waals surface area contributed by atoms with Crippen molar-refractivity contribution in [1.82, 2.24) is 14.3 Å². The van der Waals surface area contributed by atoms with Gasteiger partial charge >= 0.3 is 11.9 Å². The maximum absolute atomic E-state index is 12.0. The summed E-state index contributed by atoms with van der Waals surface area (Å²) in [5.41, 5.74) is 0. The average Bonchev–Trinajstić information content (AvgIpc) is 2.86. The number of sulfonamides is 1. The van der Waals surface area contributed by atoms with Gasteiger partial charge in [0, 0.05) is 19.2 Å². The van der Waals surface area contributed by atoms with Gasteiger partial charge in [-0.25, -0.2) is 13.4 Å². The number of aromatic nitrogens is 2. The van der Waals surface area contributed by atoms with E-state index in [4.69, 9.17) is 10.2 Å². The van der Waals surface area contributed by atoms with E-state index in [1.165, 1.54) is 17.1 Å². The number of carboxylic acids is 2. The summed E-state index contributed by atoms with van der Waals surface area (Å²) in [6.07, 6.45) is 2.33. The third kappa shape index (κ3) is 5.16. The molecule has 0 saturated heterocycles. The van der Waals surface area contributed by atoms with E-state index >= 15 is 0 Å². The number of carbonyl (C=O) groups is 2. The van der Waals surface area contributed by atoms with E-state index in [2.05, 4.69) is 4.98 Å². The van der Waals surface area contributed by atoms with Gasteiger partial charge < -0.3 is 14.8 Å². The van der Waals surface area contributed by atoms with E-state index in [1.54, 1.807) is 6.92 Å². The molecule has 1 aromatic rings. The monoisotopic (exact) mass is 319 g/mol. The molecule has 1 heterocycles. The number of hydrogen-bond donors (Lipinski definition) is 3. The van der Waals surface area contributed by atoms with Gasteiger partial charge in [0.1, 0.15) is 6.04 Å². The maximum atomic E-state index is 12.0. The normalized spacial score (nSPS) is 13.0. The topological polar surface area (TPSA) is 139 Å². The van der Waals surface area contributed by atoms with Crippen LogP contribution in [0.25, 0.3) is 0 Å². The minimum absolute atomic E-state index is 0.0538. The van der Waals surface area contributed by atoms with Crippen LogP contribution in [0.5, 0.6) is 0 Å². The van der Waals surface area contributed by atoms with Gasteiger partial charge in [-0.05, 0) is 19.8 Å². The first-order valence-electron chi connectivity index (χ1n) is 6.25. The molecule has 0 aliphatic carbocycles. The predicted octanol–water partition coefficient (Wildman–Crippen LogP) is -0.111. The number of imidazole rings is 1. The van der Waals surface area contributed by atoms with Crippen molar-refractivity contribution in [1.29, 1.82) is 0 Å². The number of nitrogens with one attached hydrogen (secondary N) is 1. The lowest BCUT2D eigenvalue weighted by Crippen LogP contribution is -2.40. The Hall–Kier alpha value is -1.94. The summed E-state index contributed by atoms with van der Waals surface area (Å²) >= 11 is 0. The smallest absolute Gasteiger partial charge is 0.321 e. The average molecular weight is 319 g/mol. The molecule has 0 aromatic carbocycles. The van der Waals surface area contributed by atoms with Crippen molar-refractivity contribution in [3.05, 3.63) is 12.5 Å². The van der Waals surface area contributed by atoms with Crippen molar-refractivity contribution >= 4 is 22.0 Å². The van der Waals surface area contributed by atoms with Crippen LogP contribution in [0.3, 0.4) is 0 Å². The summed E-state index contributed by atoms with van der Waals surface area (Å²) in [6, 6.07) is -1.39. The molecule has 0 aliphatic rings. The number of carboxylic acid groups (broad SMARTS) is 2. The summed E-state index contributed by atoms with van der Waals surface area (Å²) in [5.74, 6) is -2.43. The van der Waals surface area contributed by atoms with E-state index in [9.17, 15) is 18.0 Å². The minimum Gasteiger partial charge on any atom is -0.481 e. The van der Waals surface area contributed by atoms with Gasteiger partial charge in [0.25, 0.3) is 10.0 Å². The van der Waals surface area contributed by atoms with Crippen LogP contribution in [-0.2, 0) is 26.2 Å². The summed E-state index contributed by atoms with van der Waals surface area (Å²) < 4.78 is 27.6. The Morgan fingerprint density at radius 2 is 2.10 bits per heavy atom. The summed E-state index contributed by atoms with van der Waals surface area (Å²) in [6.45, 7) is 2.33. The molecule has 3 N–H and O–H groups in total. The van der Waals surface area contributed by atoms with E-state index in [-0.39, 0.29) is 24.3 Å². The molecule has 0 bridgehead atoms. The van der Waals surface area contributed by atoms with Crippen molar-refractivity contribution < 1.29 is 28.2 Å². The van der Waals surface area contributed by atoms with Gasteiger partial charge in [-0.2, -0.15) is 4.72 Å². The van der Waals surface area contributed by atoms with Gasteiger partial charge in [0.05, 0.1) is 6.33 Å². The molecule has 0 unspecified atom stereocenters. The third-order valence-electron chi connectivity index (χ3n) is 2.73. The number of aliphatic carboxylic acids is 2. The van der Waals surface area contributed by atoms with Crippen molar-refractivity contribution in [3.63, 3.8) is 0 Å². The fraction of sp³-hybridized carbons (Fsp3) is 0.545. The van der Waals surface area contributed by atoms with Crippen LogP contribution in [0.1, 0.15) is 26.2 Å². The number of rotatable bonds is 9. The Morgan fingerprint density at radius 3 is 2.57 bits per heavy atom. The molecule has 1 rings (SSSR count). The molecule has 0 fully saturated rings. The van der Waals surface area contributed by atoms with E-state index in [1.807, 2.05) is 4.72 Å². The van der Waals surface area contributed by atoms with Crippen molar-refractivity contribution in [2.24, 2.45) is 0 Å². The Kier molecular flexibility index (Phi) is 5.85. The van der Waals surface area contributed by atoms with Crippen LogP contribution in [0.4, 0.5) is 0 Å². The molecule has 0 aliphatic heterocycles. The predicted molar refractivity (Wildman–Crippen MR) is 71.1 cm³/mol. The first kappa shape index (κ1) is 17.1. The van der Waals surface area contributed by atoms with E-state index < -0.39 is 28.0 Å². The standard InChI is InChI=1S/C11H17N3O6S/c1-2-14-6-9(12-7-14)21(19,20)13-8(11(17)18)4-3-5-10(15)16/h6-8,13H,2-5H2,1H3,(H,15,16)(H,17,18)/t8-/m1/s1. The Balaban J connectivity index is 2.77. The molecule has 1 aromatic heterocycles. The SMILES string of the molecule is CCn1cnc(S(=O)(=O)N[C@H](CCCC(=O)O)C(=O)O)c1. The number of nitrogens with zero attached hydrogens (tertiary/aromatic N) is 2. The van der Waals surface area contributed by atoms with Crippen LogP contribution >= 0.6 is 0 Å². The Bertz CT molecular complexity index is 609. The fourth-order valence-corrected chi connectivity index (χ4v) is 2.76. The van der Waals surface area contributed by atoms with Gasteiger partial charge in [-0.1, -0.05) is 0 Å². The van der Waals surface area contributed by atoms with Gasteiger partial charge in [-0.15, -0.1) is 0 Å². The van der Waals surface area contributed by atoms with Crippen LogP contribution in [0.2, 0.25) is 0 Å². The molecule has 0 radical (unpaired) electrons.